The van der Waals surface area contributed by atoms with Crippen LogP contribution in [0.25, 0.3) is 0 Å². The van der Waals surface area contributed by atoms with Crippen molar-refractivity contribution in [2.45, 2.75) is 72.7 Å². The molecule has 0 saturated carbocycles. The van der Waals surface area contributed by atoms with Crippen LogP contribution in [0.2, 0.25) is 0 Å². The number of aliphatic hydroxyl groups excluding tert-OH is 2. The Morgan fingerprint density at radius 1 is 0.846 bits per heavy atom. The highest BCUT2D eigenvalue weighted by Gasteiger charge is 2.18. The van der Waals surface area contributed by atoms with Crippen molar-refractivity contribution < 1.29 is 10.2 Å². The highest BCUT2D eigenvalue weighted by atomic mass is 32.2. The lowest BCUT2D eigenvalue weighted by molar-refractivity contribution is 0.283. The minimum Gasteiger partial charge on any atom is -0.396 e. The molecule has 1 aromatic rings. The summed E-state index contributed by atoms with van der Waals surface area (Å²) < 4.78 is 0. The van der Waals surface area contributed by atoms with E-state index >= 15 is 0 Å². The van der Waals surface area contributed by atoms with Gasteiger partial charge in [0.2, 0.25) is 0 Å². The zero-order valence-electron chi connectivity index (χ0n) is 15.6. The standard InChI is InChI=1S/C20H28N2O2S2/c1-3-17(7-5-9-23)25-19-11-15(13-21)16(14-22)12-20(19)26-18(4-2)8-6-10-24/h11-12,17-18,23-24H,3-10H2,1-2H3. The number of nitrogens with zero attached hydrogens (tertiary/aromatic N) is 2. The third-order valence-corrected chi connectivity index (χ3v) is 7.31. The fraction of sp³-hybridized carbons (Fsp3) is 0.600. The Labute approximate surface area is 165 Å². The highest BCUT2D eigenvalue weighted by molar-refractivity contribution is 8.03. The molecule has 1 rings (SSSR count). The van der Waals surface area contributed by atoms with Gasteiger partial charge in [-0.15, -0.1) is 23.5 Å². The van der Waals surface area contributed by atoms with Gasteiger partial charge in [-0.25, -0.2) is 0 Å². The molecule has 0 aromatic heterocycles. The van der Waals surface area contributed by atoms with Crippen molar-refractivity contribution in [2.75, 3.05) is 13.2 Å². The maximum absolute atomic E-state index is 9.36. The average Bonchev–Trinajstić information content (AvgIpc) is 2.68. The molecular formula is C20H28N2O2S2. The second kappa shape index (κ2) is 13.1. The smallest absolute Gasteiger partial charge is 0.101 e. The second-order valence-electron chi connectivity index (χ2n) is 6.10. The number of hydrogen-bond donors (Lipinski definition) is 2. The molecule has 2 unspecified atom stereocenters. The third-order valence-electron chi connectivity index (χ3n) is 4.19. The molecule has 0 fully saturated rings. The van der Waals surface area contributed by atoms with Gasteiger partial charge >= 0.3 is 0 Å². The van der Waals surface area contributed by atoms with Crippen LogP contribution in [-0.4, -0.2) is 33.9 Å². The first-order valence-electron chi connectivity index (χ1n) is 9.16. The predicted molar refractivity (Wildman–Crippen MR) is 108 cm³/mol. The van der Waals surface area contributed by atoms with Crippen LogP contribution >= 0.6 is 23.5 Å². The molecule has 0 heterocycles. The predicted octanol–water partition coefficient (Wildman–Crippen LogP) is 4.72. The molecule has 0 aliphatic carbocycles. The number of thioether (sulfide) groups is 2. The van der Waals surface area contributed by atoms with Gasteiger partial charge in [0.25, 0.3) is 0 Å². The zero-order valence-corrected chi connectivity index (χ0v) is 17.2. The van der Waals surface area contributed by atoms with Gasteiger partial charge in [0, 0.05) is 33.5 Å². The fourth-order valence-electron chi connectivity index (χ4n) is 2.62. The van der Waals surface area contributed by atoms with Gasteiger partial charge in [0.1, 0.15) is 12.1 Å². The maximum Gasteiger partial charge on any atom is 0.101 e. The number of aliphatic hydroxyl groups is 2. The second-order valence-corrected chi connectivity index (χ2v) is 8.78. The van der Waals surface area contributed by atoms with Gasteiger partial charge in [-0.2, -0.15) is 10.5 Å². The van der Waals surface area contributed by atoms with Gasteiger partial charge in [0.05, 0.1) is 11.1 Å². The van der Waals surface area contributed by atoms with Crippen molar-refractivity contribution in [3.63, 3.8) is 0 Å². The molecule has 0 aliphatic rings. The Bertz CT molecular complexity index is 583. The first kappa shape index (κ1) is 22.9. The molecule has 0 aliphatic heterocycles. The van der Waals surface area contributed by atoms with E-state index in [1.54, 1.807) is 23.5 Å². The van der Waals surface area contributed by atoms with Gasteiger partial charge in [-0.3, -0.25) is 0 Å². The van der Waals surface area contributed by atoms with Crippen LogP contribution < -0.4 is 0 Å². The maximum atomic E-state index is 9.36. The lowest BCUT2D eigenvalue weighted by Crippen LogP contribution is -2.05. The SMILES string of the molecule is CCC(CCCO)Sc1cc(C#N)c(C#N)cc1SC(CC)CCCO. The normalized spacial score (nSPS) is 13.0. The van der Waals surface area contributed by atoms with Gasteiger partial charge < -0.3 is 10.2 Å². The minimum absolute atomic E-state index is 0.189. The number of hydrogen-bond acceptors (Lipinski definition) is 6. The fourth-order valence-corrected chi connectivity index (χ4v) is 5.25. The van der Waals surface area contributed by atoms with E-state index in [4.69, 9.17) is 10.2 Å². The van der Waals surface area contributed by atoms with Crippen molar-refractivity contribution in [1.29, 1.82) is 10.5 Å². The van der Waals surface area contributed by atoms with E-state index in [1.807, 2.05) is 12.1 Å². The van der Waals surface area contributed by atoms with Crippen LogP contribution in [0.3, 0.4) is 0 Å². The largest absolute Gasteiger partial charge is 0.396 e. The Balaban J connectivity index is 3.15. The Kier molecular flexibility index (Phi) is 11.5. The van der Waals surface area contributed by atoms with Crippen LogP contribution in [0.15, 0.2) is 21.9 Å². The van der Waals surface area contributed by atoms with Crippen LogP contribution in [0.4, 0.5) is 0 Å². The molecule has 2 N–H and O–H groups in total. The van der Waals surface area contributed by atoms with Crippen molar-refractivity contribution in [3.05, 3.63) is 23.3 Å². The topological polar surface area (TPSA) is 88.0 Å². The van der Waals surface area contributed by atoms with Gasteiger partial charge in [0.15, 0.2) is 0 Å². The first-order chi connectivity index (χ1) is 12.6. The Morgan fingerprint density at radius 2 is 1.23 bits per heavy atom. The molecule has 0 bridgehead atoms. The molecule has 0 radical (unpaired) electrons. The van der Waals surface area contributed by atoms with Gasteiger partial charge in [-0.05, 0) is 50.7 Å². The summed E-state index contributed by atoms with van der Waals surface area (Å²) in [7, 11) is 0. The minimum atomic E-state index is 0.189. The summed E-state index contributed by atoms with van der Waals surface area (Å²) in [6.45, 7) is 4.64. The lowest BCUT2D eigenvalue weighted by atomic mass is 10.1. The summed E-state index contributed by atoms with van der Waals surface area (Å²) in [4.78, 5) is 2.08. The van der Waals surface area contributed by atoms with E-state index in [0.717, 1.165) is 48.3 Å². The number of rotatable bonds is 12. The van der Waals surface area contributed by atoms with Crippen molar-refractivity contribution >= 4 is 23.5 Å². The van der Waals surface area contributed by atoms with E-state index in [-0.39, 0.29) is 13.2 Å². The van der Waals surface area contributed by atoms with Crippen molar-refractivity contribution in [2.24, 2.45) is 0 Å². The quantitative estimate of drug-likeness (QED) is 0.501. The molecule has 2 atom stereocenters. The lowest BCUT2D eigenvalue weighted by Gasteiger charge is -2.20. The summed E-state index contributed by atoms with van der Waals surface area (Å²) in [5.41, 5.74) is 0.833. The molecular weight excluding hydrogens is 364 g/mol. The van der Waals surface area contributed by atoms with Crippen LogP contribution in [0.5, 0.6) is 0 Å². The monoisotopic (exact) mass is 392 g/mol. The zero-order chi connectivity index (χ0) is 19.4. The molecule has 6 heteroatoms. The summed E-state index contributed by atoms with van der Waals surface area (Å²) in [5, 5.41) is 37.7. The van der Waals surface area contributed by atoms with Crippen molar-refractivity contribution in [3.8, 4) is 12.1 Å². The molecule has 0 amide bonds. The Hall–Kier alpha value is -1.18. The highest BCUT2D eigenvalue weighted by Crippen LogP contribution is 2.40. The Morgan fingerprint density at radius 3 is 1.50 bits per heavy atom. The molecule has 4 nitrogen and oxygen atoms in total. The number of benzene rings is 1. The van der Waals surface area contributed by atoms with Crippen LogP contribution in [-0.2, 0) is 0 Å². The first-order valence-corrected chi connectivity index (χ1v) is 10.9. The van der Waals surface area contributed by atoms with E-state index in [0.29, 0.717) is 21.6 Å². The molecule has 1 aromatic carbocycles. The number of nitriles is 2. The molecule has 0 spiro atoms. The van der Waals surface area contributed by atoms with Crippen LogP contribution in [0, 0.1) is 22.7 Å². The summed E-state index contributed by atoms with van der Waals surface area (Å²) >= 11 is 3.48. The third kappa shape index (κ3) is 7.21. The molecule has 0 saturated heterocycles. The van der Waals surface area contributed by atoms with E-state index in [2.05, 4.69) is 26.0 Å². The summed E-state index contributed by atoms with van der Waals surface area (Å²) in [6.07, 6.45) is 5.35. The van der Waals surface area contributed by atoms with Gasteiger partial charge in [-0.1, -0.05) is 13.8 Å². The van der Waals surface area contributed by atoms with E-state index in [1.165, 1.54) is 0 Å². The van der Waals surface area contributed by atoms with E-state index in [9.17, 15) is 10.5 Å². The van der Waals surface area contributed by atoms with Crippen LogP contribution in [0.1, 0.15) is 63.5 Å². The summed E-state index contributed by atoms with van der Waals surface area (Å²) in [6, 6.07) is 7.94. The average molecular weight is 393 g/mol. The summed E-state index contributed by atoms with van der Waals surface area (Å²) in [5.74, 6) is 0. The van der Waals surface area contributed by atoms with E-state index < -0.39 is 0 Å². The molecule has 142 valence electrons. The molecule has 26 heavy (non-hydrogen) atoms. The van der Waals surface area contributed by atoms with Crippen molar-refractivity contribution in [1.82, 2.24) is 0 Å².